The second-order valence-corrected chi connectivity index (χ2v) is 7.54. The summed E-state index contributed by atoms with van der Waals surface area (Å²) in [5, 5.41) is 10.5. The van der Waals surface area contributed by atoms with Gasteiger partial charge in [-0.25, -0.2) is 4.79 Å². The van der Waals surface area contributed by atoms with Crippen LogP contribution in [0.5, 0.6) is 0 Å². The molecule has 1 heterocycles. The minimum atomic E-state index is -0.870. The van der Waals surface area contributed by atoms with Crippen molar-refractivity contribution in [3.8, 4) is 0 Å². The first kappa shape index (κ1) is 18.0. The maximum atomic E-state index is 12.1. The lowest BCUT2D eigenvalue weighted by atomic mass is 9.81. The molecule has 0 aromatic carbocycles. The third-order valence-corrected chi connectivity index (χ3v) is 4.96. The molecular weight excluding hydrogens is 288 g/mol. The summed E-state index contributed by atoms with van der Waals surface area (Å²) >= 11 is 0. The second-order valence-electron chi connectivity index (χ2n) is 7.54. The number of ether oxygens (including phenoxy) is 1. The van der Waals surface area contributed by atoms with Gasteiger partial charge in [-0.3, -0.25) is 0 Å². The smallest absolute Gasteiger partial charge is 0.334 e. The lowest BCUT2D eigenvalue weighted by Gasteiger charge is -2.32. The molecular formula is C20H30O3. The number of carbonyl (C=O) groups is 1. The minimum absolute atomic E-state index is 0.0764. The molecule has 0 aromatic rings. The van der Waals surface area contributed by atoms with Gasteiger partial charge in [-0.2, -0.15) is 0 Å². The molecule has 0 fully saturated rings. The van der Waals surface area contributed by atoms with Gasteiger partial charge in [-0.1, -0.05) is 23.3 Å². The van der Waals surface area contributed by atoms with Crippen molar-refractivity contribution in [1.29, 1.82) is 0 Å². The highest BCUT2D eigenvalue weighted by molar-refractivity contribution is 5.90. The van der Waals surface area contributed by atoms with Crippen LogP contribution in [-0.4, -0.2) is 22.8 Å². The van der Waals surface area contributed by atoms with Gasteiger partial charge in [0.05, 0.1) is 5.60 Å². The summed E-state index contributed by atoms with van der Waals surface area (Å²) in [5.74, 6) is -0.287. The van der Waals surface area contributed by atoms with Gasteiger partial charge in [-0.05, 0) is 72.3 Å². The van der Waals surface area contributed by atoms with E-state index in [4.69, 9.17) is 4.74 Å². The van der Waals surface area contributed by atoms with E-state index in [0.717, 1.165) is 44.1 Å². The van der Waals surface area contributed by atoms with Gasteiger partial charge in [0.1, 0.15) is 6.10 Å². The van der Waals surface area contributed by atoms with Gasteiger partial charge in [-0.15, -0.1) is 0 Å². The highest BCUT2D eigenvalue weighted by Crippen LogP contribution is 2.34. The number of carbonyl (C=O) groups excluding carboxylic acids is 1. The number of rotatable bonds is 1. The van der Waals surface area contributed by atoms with E-state index in [2.05, 4.69) is 26.0 Å². The first-order chi connectivity index (χ1) is 10.8. The van der Waals surface area contributed by atoms with Crippen molar-refractivity contribution >= 4 is 5.97 Å². The summed E-state index contributed by atoms with van der Waals surface area (Å²) in [7, 11) is 0. The van der Waals surface area contributed by atoms with Crippen molar-refractivity contribution in [2.24, 2.45) is 5.92 Å². The number of hydrogen-bond donors (Lipinski definition) is 1. The van der Waals surface area contributed by atoms with Crippen LogP contribution in [0.4, 0.5) is 0 Å². The fourth-order valence-electron chi connectivity index (χ4n) is 3.41. The zero-order valence-electron chi connectivity index (χ0n) is 14.9. The number of aliphatic hydroxyl groups is 1. The maximum Gasteiger partial charge on any atom is 0.334 e. The Bertz CT molecular complexity index is 532. The number of fused-ring (bicyclic) bond motifs is 1. The molecule has 1 aliphatic heterocycles. The van der Waals surface area contributed by atoms with Gasteiger partial charge >= 0.3 is 5.97 Å². The van der Waals surface area contributed by atoms with Crippen molar-refractivity contribution < 1.29 is 14.6 Å². The van der Waals surface area contributed by atoms with Gasteiger partial charge in [0, 0.05) is 11.5 Å². The summed E-state index contributed by atoms with van der Waals surface area (Å²) in [6.07, 6.45) is 11.6. The zero-order chi connectivity index (χ0) is 17.0. The molecule has 0 radical (unpaired) electrons. The first-order valence-corrected chi connectivity index (χ1v) is 8.72. The molecule has 2 aliphatic rings. The van der Waals surface area contributed by atoms with E-state index < -0.39 is 5.60 Å². The lowest BCUT2D eigenvalue weighted by Crippen LogP contribution is -2.39. The molecule has 1 N–H and O–H groups in total. The summed E-state index contributed by atoms with van der Waals surface area (Å²) in [4.78, 5) is 12.1. The van der Waals surface area contributed by atoms with E-state index in [9.17, 15) is 9.90 Å². The Morgan fingerprint density at radius 2 is 1.70 bits per heavy atom. The molecule has 3 heteroatoms. The molecule has 23 heavy (non-hydrogen) atoms. The fraction of sp³-hybridized carbons (Fsp3) is 0.650. The molecule has 2 rings (SSSR count). The van der Waals surface area contributed by atoms with Gasteiger partial charge in [0.15, 0.2) is 0 Å². The van der Waals surface area contributed by atoms with E-state index in [1.807, 2.05) is 19.9 Å². The Labute approximate surface area is 140 Å². The van der Waals surface area contributed by atoms with Crippen LogP contribution < -0.4 is 0 Å². The fourth-order valence-corrected chi connectivity index (χ4v) is 3.41. The molecule has 128 valence electrons. The van der Waals surface area contributed by atoms with Gasteiger partial charge < -0.3 is 9.84 Å². The van der Waals surface area contributed by atoms with Crippen LogP contribution in [0.2, 0.25) is 0 Å². The van der Waals surface area contributed by atoms with E-state index in [-0.39, 0.29) is 18.0 Å². The highest BCUT2D eigenvalue weighted by atomic mass is 16.5. The number of hydrogen-bond acceptors (Lipinski definition) is 3. The Balaban J connectivity index is 2.25. The summed E-state index contributed by atoms with van der Waals surface area (Å²) in [6, 6.07) is 0. The van der Waals surface area contributed by atoms with Crippen LogP contribution in [0.25, 0.3) is 0 Å². The minimum Gasteiger partial charge on any atom is -0.454 e. The van der Waals surface area contributed by atoms with Crippen LogP contribution in [0, 0.1) is 5.92 Å². The first-order valence-electron chi connectivity index (χ1n) is 8.72. The topological polar surface area (TPSA) is 46.5 Å². The predicted octanol–water partition coefficient (Wildman–Crippen LogP) is 4.47. The Morgan fingerprint density at radius 3 is 2.35 bits per heavy atom. The van der Waals surface area contributed by atoms with Gasteiger partial charge in [0.2, 0.25) is 0 Å². The van der Waals surface area contributed by atoms with Crippen LogP contribution >= 0.6 is 0 Å². The van der Waals surface area contributed by atoms with Crippen LogP contribution in [-0.2, 0) is 9.53 Å². The molecule has 0 spiro atoms. The summed E-state index contributed by atoms with van der Waals surface area (Å²) < 4.78 is 5.57. The normalized spacial score (nSPS) is 32.0. The monoisotopic (exact) mass is 318 g/mol. The van der Waals surface area contributed by atoms with Crippen molar-refractivity contribution in [2.45, 2.75) is 77.9 Å². The molecule has 2 atom stereocenters. The second kappa shape index (κ2) is 7.48. The van der Waals surface area contributed by atoms with Gasteiger partial charge in [0.25, 0.3) is 0 Å². The largest absolute Gasteiger partial charge is 0.454 e. The standard InChI is InChI=1S/C20H30O3/c1-14-7-5-8-15(2)11-12-17(20(3,4)22)18-13-16(10-6-9-14)19(21)23-18/h8-9,13,17-18,22H,5-7,10-12H2,1-4H3/b14-9-,15-8-/t17?,18-/m0/s1. The molecule has 0 saturated carbocycles. The Morgan fingerprint density at radius 1 is 1.09 bits per heavy atom. The van der Waals surface area contributed by atoms with E-state index in [0.29, 0.717) is 0 Å². The Hall–Kier alpha value is -1.35. The number of allylic oxidation sites excluding steroid dienone is 4. The zero-order valence-corrected chi connectivity index (χ0v) is 14.9. The van der Waals surface area contributed by atoms with E-state index >= 15 is 0 Å². The SMILES string of the molecule is C/C1=C/CCC2=C[C@H](OC2=O)C(C(C)(C)O)CC/C(C)=C\CC1. The molecule has 0 aromatic heterocycles. The van der Waals surface area contributed by atoms with Crippen LogP contribution in [0.1, 0.15) is 66.2 Å². The Kier molecular flexibility index (Phi) is 5.85. The predicted molar refractivity (Wildman–Crippen MR) is 93.0 cm³/mol. The molecule has 1 unspecified atom stereocenters. The maximum absolute atomic E-state index is 12.1. The van der Waals surface area contributed by atoms with Crippen molar-refractivity contribution in [3.05, 3.63) is 34.9 Å². The molecule has 3 nitrogen and oxygen atoms in total. The third kappa shape index (κ3) is 5.07. The van der Waals surface area contributed by atoms with Crippen molar-refractivity contribution in [2.75, 3.05) is 0 Å². The van der Waals surface area contributed by atoms with Crippen molar-refractivity contribution in [3.63, 3.8) is 0 Å². The quantitative estimate of drug-likeness (QED) is 0.573. The summed E-state index contributed by atoms with van der Waals surface area (Å²) in [5.41, 5.74) is 2.62. The van der Waals surface area contributed by atoms with E-state index in [1.165, 1.54) is 11.1 Å². The molecule has 1 aliphatic carbocycles. The van der Waals surface area contributed by atoms with Crippen LogP contribution in [0.3, 0.4) is 0 Å². The number of esters is 1. The highest BCUT2D eigenvalue weighted by Gasteiger charge is 2.38. The summed E-state index contributed by atoms with van der Waals surface area (Å²) in [6.45, 7) is 7.93. The molecule has 0 amide bonds. The average Bonchev–Trinajstić information content (AvgIpc) is 2.78. The van der Waals surface area contributed by atoms with E-state index in [1.54, 1.807) is 0 Å². The average molecular weight is 318 g/mol. The van der Waals surface area contributed by atoms with Crippen molar-refractivity contribution in [1.82, 2.24) is 0 Å². The molecule has 2 bridgehead atoms. The lowest BCUT2D eigenvalue weighted by molar-refractivity contribution is -0.145. The third-order valence-electron chi connectivity index (χ3n) is 4.96. The molecule has 0 saturated heterocycles. The van der Waals surface area contributed by atoms with Crippen LogP contribution in [0.15, 0.2) is 34.9 Å².